The number of halogens is 1. The number of hydrogen-bond acceptors (Lipinski definition) is 7. The number of nitrogens with zero attached hydrogens (tertiary/aromatic N) is 2. The van der Waals surface area contributed by atoms with Gasteiger partial charge < -0.3 is 10.6 Å². The van der Waals surface area contributed by atoms with Gasteiger partial charge in [-0.15, -0.1) is 12.6 Å². The molecule has 1 aromatic heterocycles. The Morgan fingerprint density at radius 2 is 1.85 bits per heavy atom. The molecule has 1 fully saturated rings. The fourth-order valence-corrected chi connectivity index (χ4v) is 4.60. The maximum atomic E-state index is 14.0. The highest BCUT2D eigenvalue weighted by atomic mass is 32.1. The number of amides is 3. The number of carbonyl (C=O) groups is 3. The lowest BCUT2D eigenvalue weighted by Gasteiger charge is -2.36. The van der Waals surface area contributed by atoms with Gasteiger partial charge in [0.1, 0.15) is 17.4 Å². The maximum absolute atomic E-state index is 14.0. The van der Waals surface area contributed by atoms with Gasteiger partial charge in [0, 0.05) is 30.2 Å². The number of pyridine rings is 1. The van der Waals surface area contributed by atoms with Gasteiger partial charge in [0.15, 0.2) is 6.04 Å². The van der Waals surface area contributed by atoms with Crippen molar-refractivity contribution in [2.75, 3.05) is 11.4 Å². The van der Waals surface area contributed by atoms with E-state index in [-0.39, 0.29) is 17.8 Å². The average molecular weight is 565 g/mol. The Morgan fingerprint density at radius 3 is 2.48 bits per heavy atom. The molecule has 1 saturated heterocycles. The number of nitrogens with one attached hydrogen (secondary N) is 4. The van der Waals surface area contributed by atoms with Gasteiger partial charge in [-0.2, -0.15) is 0 Å². The molecule has 1 aliphatic rings. The number of anilines is 1. The molecular weight excluding hydrogens is 531 g/mol. The summed E-state index contributed by atoms with van der Waals surface area (Å²) in [5.41, 5.74) is 7.26. The van der Waals surface area contributed by atoms with Crippen LogP contribution in [0.2, 0.25) is 0 Å². The Morgan fingerprint density at radius 1 is 1.10 bits per heavy atom. The van der Waals surface area contributed by atoms with Gasteiger partial charge in [-0.25, -0.2) is 15.2 Å². The van der Waals surface area contributed by atoms with Crippen LogP contribution in [0.25, 0.3) is 0 Å². The van der Waals surface area contributed by atoms with Crippen molar-refractivity contribution in [3.63, 3.8) is 0 Å². The quantitative estimate of drug-likeness (QED) is 0.212. The van der Waals surface area contributed by atoms with Gasteiger partial charge in [-0.3, -0.25) is 24.3 Å². The van der Waals surface area contributed by atoms with E-state index < -0.39 is 35.3 Å². The predicted molar refractivity (Wildman–Crippen MR) is 154 cm³/mol. The van der Waals surface area contributed by atoms with Crippen molar-refractivity contribution < 1.29 is 18.8 Å². The highest BCUT2D eigenvalue weighted by Crippen LogP contribution is 2.31. The van der Waals surface area contributed by atoms with Crippen LogP contribution in [0.4, 0.5) is 10.1 Å². The summed E-state index contributed by atoms with van der Waals surface area (Å²) in [6.07, 6.45) is 3.47. The lowest BCUT2D eigenvalue weighted by molar-refractivity contribution is -0.135. The Hall–Kier alpha value is -3.80. The molecule has 0 radical (unpaired) electrons. The summed E-state index contributed by atoms with van der Waals surface area (Å²) in [5.74, 6) is -2.07. The van der Waals surface area contributed by atoms with E-state index in [1.165, 1.54) is 23.2 Å². The zero-order valence-electron chi connectivity index (χ0n) is 22.5. The monoisotopic (exact) mass is 564 g/mol. The van der Waals surface area contributed by atoms with Crippen LogP contribution in [-0.2, 0) is 26.2 Å². The summed E-state index contributed by atoms with van der Waals surface area (Å²) >= 11 is 4.17. The van der Waals surface area contributed by atoms with Gasteiger partial charge in [0.05, 0.1) is 0 Å². The van der Waals surface area contributed by atoms with E-state index in [4.69, 9.17) is 0 Å². The standard InChI is InChI=1S/C29H33FN6O3S/c1-29(2,3)20-9-11-22(12-10-20)36(27(39)23-25(37)33-28(40)35-34-23)24(19-7-5-14-31-17-19)26(38)32-15-13-18-6-4-8-21(30)16-18/h4-12,14,16-17,23-24,28,34-35,40H,13,15H2,1-3H3,(H,32,38)(H,33,37). The van der Waals surface area contributed by atoms with E-state index in [1.54, 1.807) is 42.6 Å². The largest absolute Gasteiger partial charge is 0.354 e. The first-order valence-electron chi connectivity index (χ1n) is 12.9. The van der Waals surface area contributed by atoms with Crippen LogP contribution in [0.3, 0.4) is 0 Å². The molecule has 3 unspecified atom stereocenters. The first kappa shape index (κ1) is 29.2. The zero-order valence-corrected chi connectivity index (χ0v) is 23.4. The SMILES string of the molecule is CC(C)(C)c1ccc(N(C(=O)C2NNC(S)NC2=O)C(C(=O)NCCc2cccc(F)c2)c2cccnc2)cc1. The van der Waals surface area contributed by atoms with E-state index in [0.29, 0.717) is 17.7 Å². The lowest BCUT2D eigenvalue weighted by atomic mass is 9.87. The summed E-state index contributed by atoms with van der Waals surface area (Å²) in [7, 11) is 0. The molecule has 1 aliphatic heterocycles. The van der Waals surface area contributed by atoms with Crippen molar-refractivity contribution in [3.8, 4) is 0 Å². The van der Waals surface area contributed by atoms with Crippen LogP contribution in [0.15, 0.2) is 73.1 Å². The lowest BCUT2D eigenvalue weighted by Crippen LogP contribution is -2.68. The topological polar surface area (TPSA) is 115 Å². The van der Waals surface area contributed by atoms with Crippen molar-refractivity contribution in [2.24, 2.45) is 0 Å². The molecule has 40 heavy (non-hydrogen) atoms. The molecule has 4 N–H and O–H groups in total. The number of aromatic nitrogens is 1. The summed E-state index contributed by atoms with van der Waals surface area (Å²) in [6, 6.07) is 14.4. The summed E-state index contributed by atoms with van der Waals surface area (Å²) in [6.45, 7) is 6.43. The van der Waals surface area contributed by atoms with Crippen molar-refractivity contribution in [1.29, 1.82) is 0 Å². The van der Waals surface area contributed by atoms with Gasteiger partial charge in [-0.1, -0.05) is 51.1 Å². The second-order valence-electron chi connectivity index (χ2n) is 10.5. The van der Waals surface area contributed by atoms with E-state index in [9.17, 15) is 18.8 Å². The maximum Gasteiger partial charge on any atom is 0.256 e. The Balaban J connectivity index is 1.71. The third-order valence-corrected chi connectivity index (χ3v) is 6.77. The van der Waals surface area contributed by atoms with Gasteiger partial charge >= 0.3 is 0 Å². The number of rotatable bonds is 8. The molecule has 3 amide bonds. The third kappa shape index (κ3) is 7.04. The zero-order chi connectivity index (χ0) is 28.9. The molecule has 4 rings (SSSR count). The van der Waals surface area contributed by atoms with Crippen molar-refractivity contribution in [3.05, 3.63) is 95.6 Å². The molecule has 0 bridgehead atoms. The molecule has 2 aromatic carbocycles. The van der Waals surface area contributed by atoms with E-state index >= 15 is 0 Å². The Bertz CT molecular complexity index is 1350. The molecular formula is C29H33FN6O3S. The van der Waals surface area contributed by atoms with Crippen molar-refractivity contribution in [1.82, 2.24) is 26.5 Å². The Labute approximate surface area is 238 Å². The van der Waals surface area contributed by atoms with Crippen LogP contribution < -0.4 is 26.4 Å². The second kappa shape index (κ2) is 12.6. The summed E-state index contributed by atoms with van der Waals surface area (Å²) in [4.78, 5) is 46.1. The molecule has 11 heteroatoms. The molecule has 210 valence electrons. The van der Waals surface area contributed by atoms with Crippen molar-refractivity contribution >= 4 is 36.0 Å². The van der Waals surface area contributed by atoms with Gasteiger partial charge in [-0.05, 0) is 53.3 Å². The molecule has 0 saturated carbocycles. The average Bonchev–Trinajstić information content (AvgIpc) is 2.91. The minimum absolute atomic E-state index is 0.138. The number of hydrazine groups is 1. The number of thiol groups is 1. The third-order valence-electron chi connectivity index (χ3n) is 6.51. The molecule has 2 heterocycles. The van der Waals surface area contributed by atoms with E-state index in [0.717, 1.165) is 11.1 Å². The van der Waals surface area contributed by atoms with E-state index in [2.05, 4.69) is 59.9 Å². The highest BCUT2D eigenvalue weighted by molar-refractivity contribution is 7.80. The predicted octanol–water partition coefficient (Wildman–Crippen LogP) is 2.76. The van der Waals surface area contributed by atoms with E-state index in [1.807, 2.05) is 12.1 Å². The van der Waals surface area contributed by atoms with Crippen LogP contribution in [0.1, 0.15) is 43.5 Å². The Kier molecular flexibility index (Phi) is 9.18. The normalized spacial score (nSPS) is 18.0. The van der Waals surface area contributed by atoms with Crippen molar-refractivity contribution in [2.45, 2.75) is 50.2 Å². The fourth-order valence-electron chi connectivity index (χ4n) is 4.40. The minimum Gasteiger partial charge on any atom is -0.354 e. The van der Waals surface area contributed by atoms with Gasteiger partial charge in [0.25, 0.3) is 5.91 Å². The molecule has 3 aromatic rings. The minimum atomic E-state index is -1.33. The summed E-state index contributed by atoms with van der Waals surface area (Å²) in [5, 5.41) is 5.45. The molecule has 9 nitrogen and oxygen atoms in total. The second-order valence-corrected chi connectivity index (χ2v) is 11.0. The number of hydrogen-bond donors (Lipinski definition) is 5. The van der Waals surface area contributed by atoms with Crippen LogP contribution in [0.5, 0.6) is 0 Å². The molecule has 0 aliphatic carbocycles. The van der Waals surface area contributed by atoms with Crippen LogP contribution in [0, 0.1) is 5.82 Å². The van der Waals surface area contributed by atoms with Gasteiger partial charge in [0.2, 0.25) is 11.8 Å². The number of benzene rings is 2. The van der Waals surface area contributed by atoms with Crippen LogP contribution in [-0.4, -0.2) is 40.8 Å². The first-order valence-corrected chi connectivity index (χ1v) is 13.4. The fraction of sp³-hybridized carbons (Fsp3) is 0.310. The highest BCUT2D eigenvalue weighted by Gasteiger charge is 2.41. The van der Waals surface area contributed by atoms with Crippen LogP contribution >= 0.6 is 12.6 Å². The first-order chi connectivity index (χ1) is 19.0. The number of carbonyl (C=O) groups excluding carboxylic acids is 3. The molecule has 3 atom stereocenters. The summed E-state index contributed by atoms with van der Waals surface area (Å²) < 4.78 is 13.6. The smallest absolute Gasteiger partial charge is 0.256 e. The molecule has 0 spiro atoms.